The SMILES string of the molecule is Cc1cc(C(=O)Nc2ccc3c(c2)CCN3C(=O)Cc2ccccn2)c(-c2ccccc2)c(N(C)C)c1. The van der Waals surface area contributed by atoms with Crippen LogP contribution in [0.5, 0.6) is 0 Å². The van der Waals surface area contributed by atoms with Crippen LogP contribution in [-0.2, 0) is 17.6 Å². The van der Waals surface area contributed by atoms with Crippen LogP contribution in [0.4, 0.5) is 17.1 Å². The van der Waals surface area contributed by atoms with Gasteiger partial charge >= 0.3 is 0 Å². The number of nitrogens with zero attached hydrogens (tertiary/aromatic N) is 3. The van der Waals surface area contributed by atoms with E-state index in [4.69, 9.17) is 0 Å². The van der Waals surface area contributed by atoms with Crippen molar-refractivity contribution >= 4 is 28.9 Å². The summed E-state index contributed by atoms with van der Waals surface area (Å²) in [5.74, 6) is -0.135. The van der Waals surface area contributed by atoms with Gasteiger partial charge in [-0.15, -0.1) is 0 Å². The molecule has 37 heavy (non-hydrogen) atoms. The number of fused-ring (bicyclic) bond motifs is 1. The van der Waals surface area contributed by atoms with Gasteiger partial charge in [0.15, 0.2) is 0 Å². The monoisotopic (exact) mass is 490 g/mol. The first-order valence-electron chi connectivity index (χ1n) is 12.4. The Kier molecular flexibility index (Phi) is 6.73. The van der Waals surface area contributed by atoms with Crippen LogP contribution in [0.1, 0.15) is 27.2 Å². The maximum atomic E-state index is 13.6. The fourth-order valence-electron chi connectivity index (χ4n) is 4.90. The van der Waals surface area contributed by atoms with Gasteiger partial charge < -0.3 is 15.1 Å². The third-order valence-corrected chi connectivity index (χ3v) is 6.64. The van der Waals surface area contributed by atoms with Crippen LogP contribution < -0.4 is 15.1 Å². The molecule has 186 valence electrons. The van der Waals surface area contributed by atoms with Crippen molar-refractivity contribution in [2.75, 3.05) is 35.8 Å². The molecule has 0 aliphatic carbocycles. The predicted molar refractivity (Wildman–Crippen MR) is 149 cm³/mol. The van der Waals surface area contributed by atoms with Gasteiger partial charge in [-0.05, 0) is 72.5 Å². The summed E-state index contributed by atoms with van der Waals surface area (Å²) in [7, 11) is 3.98. The lowest BCUT2D eigenvalue weighted by atomic mass is 9.94. The number of hydrogen-bond donors (Lipinski definition) is 1. The first-order valence-corrected chi connectivity index (χ1v) is 12.4. The van der Waals surface area contributed by atoms with E-state index in [9.17, 15) is 9.59 Å². The largest absolute Gasteiger partial charge is 0.377 e. The topological polar surface area (TPSA) is 65.5 Å². The number of amides is 2. The fourth-order valence-corrected chi connectivity index (χ4v) is 4.90. The maximum absolute atomic E-state index is 13.6. The Labute approximate surface area is 217 Å². The third kappa shape index (κ3) is 5.09. The molecule has 3 aromatic carbocycles. The van der Waals surface area contributed by atoms with Crippen LogP contribution in [0, 0.1) is 6.92 Å². The van der Waals surface area contributed by atoms with Gasteiger partial charge in [0.1, 0.15) is 0 Å². The van der Waals surface area contributed by atoms with Crippen LogP contribution in [0.15, 0.2) is 85.1 Å². The normalized spacial score (nSPS) is 12.2. The van der Waals surface area contributed by atoms with Gasteiger partial charge in [-0.1, -0.05) is 36.4 Å². The van der Waals surface area contributed by atoms with Gasteiger partial charge in [-0.25, -0.2) is 0 Å². The number of carbonyl (C=O) groups is 2. The minimum absolute atomic E-state index is 0.0257. The van der Waals surface area contributed by atoms with Gasteiger partial charge in [-0.3, -0.25) is 14.6 Å². The minimum atomic E-state index is -0.160. The predicted octanol–water partition coefficient (Wildman–Crippen LogP) is 5.51. The zero-order valence-electron chi connectivity index (χ0n) is 21.4. The molecule has 1 N–H and O–H groups in total. The van der Waals surface area contributed by atoms with E-state index in [1.807, 2.05) is 104 Å². The average molecular weight is 491 g/mol. The lowest BCUT2D eigenvalue weighted by Crippen LogP contribution is -2.30. The molecule has 2 heterocycles. The highest BCUT2D eigenvalue weighted by atomic mass is 16.2. The van der Waals surface area contributed by atoms with Crippen molar-refractivity contribution in [2.24, 2.45) is 0 Å². The van der Waals surface area contributed by atoms with Crippen molar-refractivity contribution in [3.05, 3.63) is 107 Å². The van der Waals surface area contributed by atoms with Crippen molar-refractivity contribution in [3.63, 3.8) is 0 Å². The second-order valence-corrected chi connectivity index (χ2v) is 9.56. The number of nitrogens with one attached hydrogen (secondary N) is 1. The Morgan fingerprint density at radius 3 is 2.49 bits per heavy atom. The second kappa shape index (κ2) is 10.3. The molecule has 4 aromatic rings. The molecule has 0 atom stereocenters. The summed E-state index contributed by atoms with van der Waals surface area (Å²) in [4.78, 5) is 34.7. The van der Waals surface area contributed by atoms with E-state index in [0.29, 0.717) is 12.1 Å². The number of rotatable bonds is 6. The molecule has 1 aromatic heterocycles. The molecule has 2 amide bonds. The zero-order chi connectivity index (χ0) is 25.9. The molecule has 1 aliphatic rings. The number of benzene rings is 3. The Hall–Kier alpha value is -4.45. The quantitative estimate of drug-likeness (QED) is 0.387. The number of aryl methyl sites for hydroxylation is 1. The molecule has 5 rings (SSSR count). The first-order chi connectivity index (χ1) is 17.9. The lowest BCUT2D eigenvalue weighted by Gasteiger charge is -2.22. The molecule has 6 heteroatoms. The van der Waals surface area contributed by atoms with E-state index in [2.05, 4.69) is 16.4 Å². The summed E-state index contributed by atoms with van der Waals surface area (Å²) < 4.78 is 0. The summed E-state index contributed by atoms with van der Waals surface area (Å²) >= 11 is 0. The van der Waals surface area contributed by atoms with Gasteiger partial charge in [0, 0.05) is 60.7 Å². The van der Waals surface area contributed by atoms with Crippen molar-refractivity contribution in [1.29, 1.82) is 0 Å². The second-order valence-electron chi connectivity index (χ2n) is 9.56. The summed E-state index contributed by atoms with van der Waals surface area (Å²) in [5.41, 5.74) is 7.96. The third-order valence-electron chi connectivity index (χ3n) is 6.64. The van der Waals surface area contributed by atoms with Crippen molar-refractivity contribution in [2.45, 2.75) is 19.8 Å². The molecule has 0 bridgehead atoms. The molecular formula is C31H30N4O2. The van der Waals surface area contributed by atoms with E-state index >= 15 is 0 Å². The summed E-state index contributed by atoms with van der Waals surface area (Å²) in [6, 6.07) is 25.4. The molecule has 0 saturated heterocycles. The van der Waals surface area contributed by atoms with Crippen LogP contribution in [0.2, 0.25) is 0 Å². The molecule has 6 nitrogen and oxygen atoms in total. The van der Waals surface area contributed by atoms with E-state index in [1.54, 1.807) is 6.20 Å². The van der Waals surface area contributed by atoms with E-state index in [-0.39, 0.29) is 18.2 Å². The van der Waals surface area contributed by atoms with Crippen LogP contribution in [0.3, 0.4) is 0 Å². The van der Waals surface area contributed by atoms with Crippen LogP contribution in [-0.4, -0.2) is 37.4 Å². The Morgan fingerprint density at radius 1 is 0.973 bits per heavy atom. The molecule has 0 radical (unpaired) electrons. The highest BCUT2D eigenvalue weighted by Crippen LogP contribution is 2.36. The molecular weight excluding hydrogens is 460 g/mol. The van der Waals surface area contributed by atoms with Gasteiger partial charge in [0.25, 0.3) is 5.91 Å². The van der Waals surface area contributed by atoms with Crippen LogP contribution >= 0.6 is 0 Å². The highest BCUT2D eigenvalue weighted by Gasteiger charge is 2.26. The summed E-state index contributed by atoms with van der Waals surface area (Å²) in [5, 5.41) is 3.10. The fraction of sp³-hybridized carbons (Fsp3) is 0.194. The van der Waals surface area contributed by atoms with E-state index < -0.39 is 0 Å². The number of pyridine rings is 1. The number of anilines is 3. The lowest BCUT2D eigenvalue weighted by molar-refractivity contribution is -0.117. The molecule has 1 aliphatic heterocycles. The van der Waals surface area contributed by atoms with Crippen LogP contribution in [0.25, 0.3) is 11.1 Å². The number of hydrogen-bond acceptors (Lipinski definition) is 4. The average Bonchev–Trinajstić information content (AvgIpc) is 3.32. The molecule has 0 saturated carbocycles. The molecule has 0 spiro atoms. The van der Waals surface area contributed by atoms with Gasteiger partial charge in [0.2, 0.25) is 5.91 Å². The zero-order valence-corrected chi connectivity index (χ0v) is 21.4. The Balaban J connectivity index is 1.40. The first kappa shape index (κ1) is 24.3. The molecule has 0 fully saturated rings. The summed E-state index contributed by atoms with van der Waals surface area (Å²) in [6.45, 7) is 2.63. The number of aromatic nitrogens is 1. The summed E-state index contributed by atoms with van der Waals surface area (Å²) in [6.07, 6.45) is 2.72. The van der Waals surface area contributed by atoms with Crippen molar-refractivity contribution in [3.8, 4) is 11.1 Å². The minimum Gasteiger partial charge on any atom is -0.377 e. The highest BCUT2D eigenvalue weighted by molar-refractivity contribution is 6.11. The smallest absolute Gasteiger partial charge is 0.256 e. The van der Waals surface area contributed by atoms with Crippen molar-refractivity contribution < 1.29 is 9.59 Å². The van der Waals surface area contributed by atoms with Gasteiger partial charge in [-0.2, -0.15) is 0 Å². The Morgan fingerprint density at radius 2 is 1.76 bits per heavy atom. The number of carbonyl (C=O) groups excluding carboxylic acids is 2. The Bertz CT molecular complexity index is 1450. The van der Waals surface area contributed by atoms with E-state index in [0.717, 1.165) is 51.4 Å². The van der Waals surface area contributed by atoms with E-state index in [1.165, 1.54) is 0 Å². The maximum Gasteiger partial charge on any atom is 0.256 e. The van der Waals surface area contributed by atoms with Crippen molar-refractivity contribution in [1.82, 2.24) is 4.98 Å². The van der Waals surface area contributed by atoms with Gasteiger partial charge in [0.05, 0.1) is 6.42 Å². The standard InChI is InChI=1S/C31H30N4O2/c1-21-17-26(30(28(18-21)34(2)3)22-9-5-4-6-10-22)31(37)33-25-12-13-27-23(19-25)14-16-35(27)29(36)20-24-11-7-8-15-32-24/h4-13,15,17-19H,14,16,20H2,1-3H3,(H,33,37). The molecule has 0 unspecified atom stereocenters.